The average molecular weight is 385 g/mol. The highest BCUT2D eigenvalue weighted by molar-refractivity contribution is 5.86. The Labute approximate surface area is 167 Å². The van der Waals surface area contributed by atoms with E-state index < -0.39 is 0 Å². The van der Waals surface area contributed by atoms with Crippen LogP contribution >= 0.6 is 0 Å². The Morgan fingerprint density at radius 2 is 1.93 bits per heavy atom. The first-order chi connectivity index (χ1) is 14.1. The molecule has 3 N–H and O–H groups in total. The lowest BCUT2D eigenvalue weighted by atomic mass is 10.1. The number of aromatic nitrogens is 3. The second-order valence-electron chi connectivity index (χ2n) is 6.49. The van der Waals surface area contributed by atoms with Crippen LogP contribution in [0.15, 0.2) is 67.0 Å². The van der Waals surface area contributed by atoms with Crippen molar-refractivity contribution in [1.29, 1.82) is 5.41 Å². The van der Waals surface area contributed by atoms with Gasteiger partial charge in [-0.1, -0.05) is 30.3 Å². The van der Waals surface area contributed by atoms with Crippen molar-refractivity contribution in [3.8, 4) is 17.6 Å². The van der Waals surface area contributed by atoms with Crippen LogP contribution in [0.25, 0.3) is 10.9 Å². The van der Waals surface area contributed by atoms with Gasteiger partial charge in [-0.2, -0.15) is 9.97 Å². The standard InChI is InChI=1S/C22H19N5O2/c1-14(15-5-3-2-4-6-15)25-19-8-7-17(11-16(19)12-23)29-22-26-20-13-24-10-9-18(20)21(28)27-22/h2-14,23,25H,1H3,(H,26,27,28). The minimum absolute atomic E-state index is 0.0114. The molecule has 0 fully saturated rings. The number of pyridine rings is 1. The fourth-order valence-corrected chi connectivity index (χ4v) is 3.01. The van der Waals surface area contributed by atoms with Gasteiger partial charge in [-0.25, -0.2) is 0 Å². The lowest BCUT2D eigenvalue weighted by molar-refractivity contribution is 0.412. The SMILES string of the molecule is CC(Nc1ccc(Oc2nc(O)c3ccncc3n2)cc1C=N)c1ccccc1. The number of benzene rings is 2. The second-order valence-corrected chi connectivity index (χ2v) is 6.49. The van der Waals surface area contributed by atoms with E-state index in [4.69, 9.17) is 10.1 Å². The number of aromatic hydroxyl groups is 1. The monoisotopic (exact) mass is 385 g/mol. The molecule has 1 atom stereocenters. The normalized spacial score (nSPS) is 11.8. The highest BCUT2D eigenvalue weighted by Gasteiger charge is 2.11. The van der Waals surface area contributed by atoms with Crippen LogP contribution in [0.3, 0.4) is 0 Å². The minimum atomic E-state index is -0.172. The third kappa shape index (κ3) is 3.98. The molecule has 0 radical (unpaired) electrons. The summed E-state index contributed by atoms with van der Waals surface area (Å²) in [6.07, 6.45) is 4.35. The Morgan fingerprint density at radius 3 is 2.72 bits per heavy atom. The van der Waals surface area contributed by atoms with Crippen LogP contribution in [0, 0.1) is 5.41 Å². The van der Waals surface area contributed by atoms with E-state index in [0.29, 0.717) is 22.2 Å². The van der Waals surface area contributed by atoms with Gasteiger partial charge >= 0.3 is 6.01 Å². The predicted octanol–water partition coefficient (Wildman–Crippen LogP) is 4.69. The van der Waals surface area contributed by atoms with Gasteiger partial charge < -0.3 is 20.6 Å². The summed E-state index contributed by atoms with van der Waals surface area (Å²) in [7, 11) is 0. The molecule has 2 aromatic carbocycles. The zero-order chi connectivity index (χ0) is 20.2. The maximum absolute atomic E-state index is 10.1. The molecule has 7 nitrogen and oxygen atoms in total. The van der Waals surface area contributed by atoms with Crippen molar-refractivity contribution < 1.29 is 9.84 Å². The van der Waals surface area contributed by atoms with Crippen molar-refractivity contribution in [3.63, 3.8) is 0 Å². The Morgan fingerprint density at radius 1 is 1.10 bits per heavy atom. The molecular formula is C22H19N5O2. The molecule has 0 aliphatic heterocycles. The van der Waals surface area contributed by atoms with E-state index in [0.717, 1.165) is 11.3 Å². The van der Waals surface area contributed by atoms with Crippen LogP contribution in [0.2, 0.25) is 0 Å². The number of rotatable bonds is 6. The molecule has 4 rings (SSSR count). The fraction of sp³-hybridized carbons (Fsp3) is 0.0909. The molecule has 0 bridgehead atoms. The molecule has 2 heterocycles. The Kier molecular flexibility index (Phi) is 5.03. The summed E-state index contributed by atoms with van der Waals surface area (Å²) in [5.41, 5.74) is 3.11. The largest absolute Gasteiger partial charge is 0.493 e. The first-order valence-corrected chi connectivity index (χ1v) is 9.08. The van der Waals surface area contributed by atoms with Gasteiger partial charge in [-0.05, 0) is 36.8 Å². The van der Waals surface area contributed by atoms with Crippen LogP contribution in [0.1, 0.15) is 24.1 Å². The van der Waals surface area contributed by atoms with Gasteiger partial charge in [-0.3, -0.25) is 4.98 Å². The smallest absolute Gasteiger partial charge is 0.325 e. The summed E-state index contributed by atoms with van der Waals surface area (Å²) in [5.74, 6) is 0.290. The van der Waals surface area contributed by atoms with Gasteiger partial charge in [0.25, 0.3) is 0 Å². The molecular weight excluding hydrogens is 366 g/mol. The van der Waals surface area contributed by atoms with Crippen molar-refractivity contribution in [2.45, 2.75) is 13.0 Å². The summed E-state index contributed by atoms with van der Waals surface area (Å²) >= 11 is 0. The average Bonchev–Trinajstić information content (AvgIpc) is 2.75. The van der Waals surface area contributed by atoms with Crippen LogP contribution in [0.4, 0.5) is 5.69 Å². The third-order valence-corrected chi connectivity index (χ3v) is 4.52. The maximum Gasteiger partial charge on any atom is 0.325 e. The van der Waals surface area contributed by atoms with E-state index in [1.165, 1.54) is 12.4 Å². The zero-order valence-corrected chi connectivity index (χ0v) is 15.7. The van der Waals surface area contributed by atoms with Crippen molar-refractivity contribution in [1.82, 2.24) is 15.0 Å². The number of nitrogens with one attached hydrogen (secondary N) is 2. The quantitative estimate of drug-likeness (QED) is 0.416. The molecule has 0 saturated carbocycles. The summed E-state index contributed by atoms with van der Waals surface area (Å²) in [6.45, 7) is 2.06. The van der Waals surface area contributed by atoms with Gasteiger partial charge in [0.1, 0.15) is 5.75 Å². The number of fused-ring (bicyclic) bond motifs is 1. The first-order valence-electron chi connectivity index (χ1n) is 9.08. The summed E-state index contributed by atoms with van der Waals surface area (Å²) < 4.78 is 5.71. The number of hydrogen-bond acceptors (Lipinski definition) is 7. The molecule has 1 unspecified atom stereocenters. The van der Waals surface area contributed by atoms with Crippen molar-refractivity contribution in [3.05, 3.63) is 78.1 Å². The summed E-state index contributed by atoms with van der Waals surface area (Å²) in [5, 5.41) is 21.7. The summed E-state index contributed by atoms with van der Waals surface area (Å²) in [4.78, 5) is 12.3. The second kappa shape index (κ2) is 7.93. The van der Waals surface area contributed by atoms with Gasteiger partial charge in [0.15, 0.2) is 0 Å². The molecule has 0 spiro atoms. The van der Waals surface area contributed by atoms with Gasteiger partial charge in [-0.15, -0.1) is 0 Å². The highest BCUT2D eigenvalue weighted by atomic mass is 16.5. The van der Waals surface area contributed by atoms with Gasteiger partial charge in [0, 0.05) is 29.7 Å². The highest BCUT2D eigenvalue weighted by Crippen LogP contribution is 2.29. The van der Waals surface area contributed by atoms with Crippen molar-refractivity contribution in [2.24, 2.45) is 0 Å². The van der Waals surface area contributed by atoms with E-state index in [-0.39, 0.29) is 17.9 Å². The topological polar surface area (TPSA) is 104 Å². The molecule has 29 heavy (non-hydrogen) atoms. The van der Waals surface area contributed by atoms with Gasteiger partial charge in [0.2, 0.25) is 5.88 Å². The third-order valence-electron chi connectivity index (χ3n) is 4.52. The lowest BCUT2D eigenvalue weighted by Gasteiger charge is -2.18. The van der Waals surface area contributed by atoms with Crippen LogP contribution in [-0.2, 0) is 0 Å². The van der Waals surface area contributed by atoms with Crippen LogP contribution in [-0.4, -0.2) is 26.3 Å². The Hall–Kier alpha value is -4.00. The van der Waals surface area contributed by atoms with E-state index in [1.54, 1.807) is 24.4 Å². The van der Waals surface area contributed by atoms with Crippen molar-refractivity contribution >= 4 is 22.8 Å². The van der Waals surface area contributed by atoms with Gasteiger partial charge in [0.05, 0.1) is 17.1 Å². The number of anilines is 1. The molecule has 0 aliphatic carbocycles. The molecule has 4 aromatic rings. The lowest BCUT2D eigenvalue weighted by Crippen LogP contribution is -2.08. The predicted molar refractivity (Wildman–Crippen MR) is 112 cm³/mol. The molecule has 144 valence electrons. The maximum atomic E-state index is 10.1. The number of ether oxygens (including phenoxy) is 1. The van der Waals surface area contributed by atoms with E-state index in [9.17, 15) is 5.11 Å². The molecule has 2 aromatic heterocycles. The molecule has 0 amide bonds. The molecule has 0 saturated heterocycles. The molecule has 0 aliphatic rings. The Balaban J connectivity index is 1.57. The first kappa shape index (κ1) is 18.4. The van der Waals surface area contributed by atoms with Crippen LogP contribution < -0.4 is 10.1 Å². The minimum Gasteiger partial charge on any atom is -0.493 e. The zero-order valence-electron chi connectivity index (χ0n) is 15.7. The summed E-state index contributed by atoms with van der Waals surface area (Å²) in [6, 6.07) is 17.1. The Bertz CT molecular complexity index is 1160. The van der Waals surface area contributed by atoms with E-state index >= 15 is 0 Å². The molecule has 7 heteroatoms. The fourth-order valence-electron chi connectivity index (χ4n) is 3.01. The van der Waals surface area contributed by atoms with E-state index in [1.807, 2.05) is 24.3 Å². The number of nitrogens with zero attached hydrogens (tertiary/aromatic N) is 3. The van der Waals surface area contributed by atoms with E-state index in [2.05, 4.69) is 39.3 Å². The number of hydrogen-bond donors (Lipinski definition) is 3. The van der Waals surface area contributed by atoms with Crippen molar-refractivity contribution in [2.75, 3.05) is 5.32 Å². The van der Waals surface area contributed by atoms with Crippen LogP contribution in [0.5, 0.6) is 17.6 Å².